The third-order valence-electron chi connectivity index (χ3n) is 2.65. The summed E-state index contributed by atoms with van der Waals surface area (Å²) in [6.45, 7) is 0.845. The van der Waals surface area contributed by atoms with Crippen molar-refractivity contribution in [3.63, 3.8) is 0 Å². The van der Waals surface area contributed by atoms with E-state index < -0.39 is 0 Å². The van der Waals surface area contributed by atoms with E-state index in [0.29, 0.717) is 11.6 Å². The van der Waals surface area contributed by atoms with E-state index in [4.69, 9.17) is 11.6 Å². The van der Waals surface area contributed by atoms with Gasteiger partial charge in [-0.15, -0.1) is 0 Å². The predicted octanol–water partition coefficient (Wildman–Crippen LogP) is 3.83. The summed E-state index contributed by atoms with van der Waals surface area (Å²) in [5, 5.41) is 6.61. The zero-order valence-corrected chi connectivity index (χ0v) is 13.0. The summed E-state index contributed by atoms with van der Waals surface area (Å²) in [5.74, 6) is -0.0843. The minimum atomic E-state index is -0.0843. The maximum absolute atomic E-state index is 11.8. The smallest absolute Gasteiger partial charge is 0.238 e. The Morgan fingerprint density at radius 1 is 1.15 bits per heavy atom. The molecule has 20 heavy (non-hydrogen) atoms. The molecule has 0 unspecified atom stereocenters. The number of carbonyl (C=O) groups is 1. The lowest BCUT2D eigenvalue weighted by atomic mass is 10.2. The van der Waals surface area contributed by atoms with Crippen molar-refractivity contribution in [2.75, 3.05) is 11.9 Å². The van der Waals surface area contributed by atoms with Gasteiger partial charge in [0.1, 0.15) is 0 Å². The molecule has 2 aromatic carbocycles. The van der Waals surface area contributed by atoms with Crippen molar-refractivity contribution in [1.82, 2.24) is 5.32 Å². The Hall–Kier alpha value is -1.36. The summed E-state index contributed by atoms with van der Waals surface area (Å²) in [4.78, 5) is 11.8. The number of amides is 1. The van der Waals surface area contributed by atoms with Crippen molar-refractivity contribution in [3.8, 4) is 0 Å². The van der Waals surface area contributed by atoms with Gasteiger partial charge in [-0.25, -0.2) is 0 Å². The quantitative estimate of drug-likeness (QED) is 0.857. The standard InChI is InChI=1S/C15H14BrClN2O/c16-13-6-1-2-7-14(13)19-15(20)10-18-9-11-4-3-5-12(17)8-11/h1-8,18H,9-10H2,(H,19,20). The number of hydrogen-bond donors (Lipinski definition) is 2. The molecule has 0 aliphatic heterocycles. The summed E-state index contributed by atoms with van der Waals surface area (Å²) < 4.78 is 0.864. The molecule has 0 saturated heterocycles. The lowest BCUT2D eigenvalue weighted by Crippen LogP contribution is -2.27. The Bertz CT molecular complexity index is 604. The Balaban J connectivity index is 1.80. The second kappa shape index (κ2) is 7.43. The van der Waals surface area contributed by atoms with E-state index in [0.717, 1.165) is 15.7 Å². The van der Waals surface area contributed by atoms with Crippen LogP contribution in [0.25, 0.3) is 0 Å². The first kappa shape index (κ1) is 15.0. The Morgan fingerprint density at radius 2 is 1.95 bits per heavy atom. The molecule has 0 radical (unpaired) electrons. The first-order chi connectivity index (χ1) is 9.65. The number of hydrogen-bond acceptors (Lipinski definition) is 2. The molecule has 2 rings (SSSR count). The number of rotatable bonds is 5. The summed E-state index contributed by atoms with van der Waals surface area (Å²) in [7, 11) is 0. The van der Waals surface area contributed by atoms with Crippen molar-refractivity contribution in [2.45, 2.75) is 6.54 Å². The van der Waals surface area contributed by atoms with Crippen LogP contribution in [0, 0.1) is 0 Å². The van der Waals surface area contributed by atoms with Crippen LogP contribution in [0.2, 0.25) is 5.02 Å². The van der Waals surface area contributed by atoms with Crippen molar-refractivity contribution >= 4 is 39.1 Å². The first-order valence-electron chi connectivity index (χ1n) is 6.15. The van der Waals surface area contributed by atoms with E-state index in [9.17, 15) is 4.79 Å². The topological polar surface area (TPSA) is 41.1 Å². The van der Waals surface area contributed by atoms with E-state index in [1.54, 1.807) is 0 Å². The molecule has 0 fully saturated rings. The van der Waals surface area contributed by atoms with Gasteiger partial charge in [0.25, 0.3) is 0 Å². The molecule has 104 valence electrons. The van der Waals surface area contributed by atoms with Gasteiger partial charge in [-0.1, -0.05) is 35.9 Å². The fourth-order valence-corrected chi connectivity index (χ4v) is 2.32. The molecule has 0 saturated carbocycles. The fourth-order valence-electron chi connectivity index (χ4n) is 1.72. The molecule has 0 aliphatic rings. The molecule has 0 heterocycles. The summed E-state index contributed by atoms with van der Waals surface area (Å²) in [6, 6.07) is 15.1. The molecular formula is C15H14BrClN2O. The SMILES string of the molecule is O=C(CNCc1cccc(Cl)c1)Nc1ccccc1Br. The zero-order valence-electron chi connectivity index (χ0n) is 10.7. The third kappa shape index (κ3) is 4.63. The van der Waals surface area contributed by atoms with Crippen LogP contribution in [0.15, 0.2) is 53.0 Å². The number of carbonyl (C=O) groups excluding carboxylic acids is 1. The van der Waals surface area contributed by atoms with Crippen LogP contribution in [0.1, 0.15) is 5.56 Å². The molecule has 0 aliphatic carbocycles. The number of anilines is 1. The highest BCUT2D eigenvalue weighted by Gasteiger charge is 2.04. The molecule has 2 aromatic rings. The normalized spacial score (nSPS) is 10.3. The highest BCUT2D eigenvalue weighted by Crippen LogP contribution is 2.20. The third-order valence-corrected chi connectivity index (χ3v) is 3.58. The van der Waals surface area contributed by atoms with Crippen LogP contribution in [0.4, 0.5) is 5.69 Å². The number of nitrogens with one attached hydrogen (secondary N) is 2. The number of para-hydroxylation sites is 1. The largest absolute Gasteiger partial charge is 0.324 e. The van der Waals surface area contributed by atoms with Crippen LogP contribution in [-0.4, -0.2) is 12.5 Å². The van der Waals surface area contributed by atoms with Gasteiger partial charge in [-0.3, -0.25) is 4.79 Å². The second-order valence-electron chi connectivity index (χ2n) is 4.26. The molecule has 3 nitrogen and oxygen atoms in total. The van der Waals surface area contributed by atoms with Gasteiger partial charge in [-0.05, 0) is 45.8 Å². The van der Waals surface area contributed by atoms with E-state index in [1.165, 1.54) is 0 Å². The van der Waals surface area contributed by atoms with E-state index in [1.807, 2.05) is 48.5 Å². The summed E-state index contributed by atoms with van der Waals surface area (Å²) >= 11 is 9.29. The van der Waals surface area contributed by atoms with Crippen LogP contribution in [0.3, 0.4) is 0 Å². The molecule has 0 atom stereocenters. The predicted molar refractivity (Wildman–Crippen MR) is 85.9 cm³/mol. The molecule has 0 bridgehead atoms. The maximum Gasteiger partial charge on any atom is 0.238 e. The monoisotopic (exact) mass is 352 g/mol. The highest BCUT2D eigenvalue weighted by atomic mass is 79.9. The lowest BCUT2D eigenvalue weighted by molar-refractivity contribution is -0.115. The highest BCUT2D eigenvalue weighted by molar-refractivity contribution is 9.10. The van der Waals surface area contributed by atoms with Crippen LogP contribution in [0.5, 0.6) is 0 Å². The van der Waals surface area contributed by atoms with Gasteiger partial charge in [0.2, 0.25) is 5.91 Å². The van der Waals surface area contributed by atoms with Crippen molar-refractivity contribution < 1.29 is 4.79 Å². The second-order valence-corrected chi connectivity index (χ2v) is 5.55. The Morgan fingerprint density at radius 3 is 2.70 bits per heavy atom. The number of halogens is 2. The summed E-state index contributed by atoms with van der Waals surface area (Å²) in [5.41, 5.74) is 1.81. The van der Waals surface area contributed by atoms with Gasteiger partial charge < -0.3 is 10.6 Å². The van der Waals surface area contributed by atoms with Gasteiger partial charge in [0.05, 0.1) is 12.2 Å². The molecule has 0 spiro atoms. The maximum atomic E-state index is 11.8. The molecule has 0 aromatic heterocycles. The van der Waals surface area contributed by atoms with Crippen LogP contribution in [-0.2, 0) is 11.3 Å². The Kier molecular flexibility index (Phi) is 5.59. The average molecular weight is 354 g/mol. The van der Waals surface area contributed by atoms with Crippen molar-refractivity contribution in [3.05, 3.63) is 63.6 Å². The molecule has 1 amide bonds. The van der Waals surface area contributed by atoms with E-state index in [2.05, 4.69) is 26.6 Å². The van der Waals surface area contributed by atoms with Crippen molar-refractivity contribution in [2.24, 2.45) is 0 Å². The van der Waals surface area contributed by atoms with Crippen molar-refractivity contribution in [1.29, 1.82) is 0 Å². The van der Waals surface area contributed by atoms with Gasteiger partial charge in [0.15, 0.2) is 0 Å². The Labute approximate surface area is 131 Å². The average Bonchev–Trinajstić information content (AvgIpc) is 2.41. The van der Waals surface area contributed by atoms with Gasteiger partial charge in [0, 0.05) is 16.0 Å². The van der Waals surface area contributed by atoms with Gasteiger partial charge >= 0.3 is 0 Å². The van der Waals surface area contributed by atoms with E-state index in [-0.39, 0.29) is 12.5 Å². The van der Waals surface area contributed by atoms with Crippen LogP contribution >= 0.6 is 27.5 Å². The summed E-state index contributed by atoms with van der Waals surface area (Å²) in [6.07, 6.45) is 0. The van der Waals surface area contributed by atoms with Crippen LogP contribution < -0.4 is 10.6 Å². The number of benzene rings is 2. The fraction of sp³-hybridized carbons (Fsp3) is 0.133. The van der Waals surface area contributed by atoms with Gasteiger partial charge in [-0.2, -0.15) is 0 Å². The minimum absolute atomic E-state index is 0.0843. The molecule has 5 heteroatoms. The van der Waals surface area contributed by atoms with E-state index >= 15 is 0 Å². The molecular weight excluding hydrogens is 340 g/mol. The lowest BCUT2D eigenvalue weighted by Gasteiger charge is -2.08. The minimum Gasteiger partial charge on any atom is -0.324 e. The zero-order chi connectivity index (χ0) is 14.4. The first-order valence-corrected chi connectivity index (χ1v) is 7.32. The molecule has 2 N–H and O–H groups in total.